The molecule has 0 nitrogen and oxygen atoms in total. The van der Waals surface area contributed by atoms with Crippen molar-refractivity contribution >= 4 is 14.8 Å². The van der Waals surface area contributed by atoms with Crippen LogP contribution in [0.25, 0.3) is 11.1 Å². The van der Waals surface area contributed by atoms with Crippen molar-refractivity contribution in [3.63, 3.8) is 0 Å². The summed E-state index contributed by atoms with van der Waals surface area (Å²) in [6.45, 7) is 16.2. The summed E-state index contributed by atoms with van der Waals surface area (Å²) in [4.78, 5) is 0. The molecule has 4 aromatic carbocycles. The van der Waals surface area contributed by atoms with Crippen molar-refractivity contribution in [2.75, 3.05) is 0 Å². The summed E-state index contributed by atoms with van der Waals surface area (Å²) in [5.41, 5.74) is 12.9. The van der Waals surface area contributed by atoms with Crippen LogP contribution in [0.2, 0.25) is 5.02 Å². The van der Waals surface area contributed by atoms with Gasteiger partial charge in [0, 0.05) is 0 Å². The van der Waals surface area contributed by atoms with Gasteiger partial charge in [-0.3, -0.25) is 0 Å². The van der Waals surface area contributed by atoms with Crippen molar-refractivity contribution in [1.29, 1.82) is 0 Å². The molecule has 0 spiro atoms. The Kier molecular flexibility index (Phi) is 10.6. The van der Waals surface area contributed by atoms with Gasteiger partial charge in [0.1, 0.15) is 0 Å². The summed E-state index contributed by atoms with van der Waals surface area (Å²) < 4.78 is 3.62. The van der Waals surface area contributed by atoms with Gasteiger partial charge in [0.25, 0.3) is 0 Å². The average Bonchev–Trinajstić information content (AvgIpc) is 3.58. The van der Waals surface area contributed by atoms with Crippen LogP contribution in [0.15, 0.2) is 106 Å². The molecule has 226 valence electrons. The van der Waals surface area contributed by atoms with Gasteiger partial charge in [-0.25, -0.2) is 0 Å². The molecule has 0 unspecified atom stereocenters. The maximum absolute atomic E-state index is 6.46. The van der Waals surface area contributed by atoms with Crippen molar-refractivity contribution in [3.8, 4) is 11.1 Å². The average molecular weight is 719 g/mol. The molecule has 44 heavy (non-hydrogen) atoms. The molecular weight excluding hydrogens is 678 g/mol. The SMILES string of the molecule is Cc1ccc(/[C](c2ccc(Cl)cc2)=[Zr+2](/[C]2=CC=CC2)[CH]2c3cc(C(C)(C)C)ccc3-c3ccc(C(C)(C)C)cc32)cc1.[Cl-].[Cl-]. The second-order valence-electron chi connectivity index (χ2n) is 14.0. The molecule has 0 bridgehead atoms. The van der Waals surface area contributed by atoms with E-state index in [0.29, 0.717) is 3.63 Å². The van der Waals surface area contributed by atoms with Crippen molar-refractivity contribution in [2.24, 2.45) is 0 Å². The molecule has 0 saturated heterocycles. The first-order valence-electron chi connectivity index (χ1n) is 15.1. The van der Waals surface area contributed by atoms with Crippen molar-refractivity contribution < 1.29 is 46.1 Å². The number of rotatable bonds is 4. The van der Waals surface area contributed by atoms with Crippen LogP contribution >= 0.6 is 11.6 Å². The second kappa shape index (κ2) is 13.4. The van der Waals surface area contributed by atoms with E-state index in [1.807, 2.05) is 0 Å². The molecule has 2 aliphatic rings. The van der Waals surface area contributed by atoms with E-state index in [-0.39, 0.29) is 35.6 Å². The van der Waals surface area contributed by atoms with Crippen LogP contribution in [0.3, 0.4) is 0 Å². The fourth-order valence-electron chi connectivity index (χ4n) is 6.46. The van der Waals surface area contributed by atoms with Gasteiger partial charge in [-0.1, -0.05) is 0 Å². The first-order valence-corrected chi connectivity index (χ1v) is 19.4. The summed E-state index contributed by atoms with van der Waals surface area (Å²) >= 11 is 3.71. The molecule has 0 aromatic heterocycles. The van der Waals surface area contributed by atoms with Crippen molar-refractivity contribution in [3.05, 3.63) is 150 Å². The maximum Gasteiger partial charge on any atom is -1.00 e. The summed E-state index contributed by atoms with van der Waals surface area (Å²) in [6.07, 6.45) is 8.16. The summed E-state index contributed by atoms with van der Waals surface area (Å²) in [6, 6.07) is 32.6. The molecule has 0 atom stereocenters. The summed E-state index contributed by atoms with van der Waals surface area (Å²) in [5, 5.41) is 0.787. The third kappa shape index (κ3) is 6.73. The molecule has 2 aliphatic carbocycles. The van der Waals surface area contributed by atoms with Gasteiger partial charge in [0.15, 0.2) is 0 Å². The van der Waals surface area contributed by atoms with E-state index in [2.05, 4.69) is 152 Å². The van der Waals surface area contributed by atoms with E-state index in [9.17, 15) is 0 Å². The van der Waals surface area contributed by atoms with E-state index >= 15 is 0 Å². The number of hydrogen-bond acceptors (Lipinski definition) is 0. The predicted molar refractivity (Wildman–Crippen MR) is 179 cm³/mol. The van der Waals surface area contributed by atoms with Gasteiger partial charge in [0.05, 0.1) is 0 Å². The molecule has 0 radical (unpaired) electrons. The van der Waals surface area contributed by atoms with Crippen molar-refractivity contribution in [1.82, 2.24) is 0 Å². The van der Waals surface area contributed by atoms with Crippen LogP contribution in [-0.4, -0.2) is 3.21 Å². The predicted octanol–water partition coefficient (Wildman–Crippen LogP) is 5.05. The number of hydrogen-bond donors (Lipinski definition) is 0. The molecule has 0 aliphatic heterocycles. The zero-order chi connectivity index (χ0) is 29.8. The van der Waals surface area contributed by atoms with Crippen LogP contribution in [-0.2, 0) is 32.1 Å². The van der Waals surface area contributed by atoms with Crippen LogP contribution < -0.4 is 24.8 Å². The Hall–Kier alpha value is -2.02. The zero-order valence-corrected chi connectivity index (χ0v) is 31.5. The van der Waals surface area contributed by atoms with E-state index in [1.165, 1.54) is 50.1 Å². The van der Waals surface area contributed by atoms with Gasteiger partial charge >= 0.3 is 267 Å². The quantitative estimate of drug-likeness (QED) is 0.277. The van der Waals surface area contributed by atoms with Crippen LogP contribution in [0.4, 0.5) is 0 Å². The fourth-order valence-corrected chi connectivity index (χ4v) is 15.6. The van der Waals surface area contributed by atoms with E-state index in [1.54, 1.807) is 6.49 Å². The van der Waals surface area contributed by atoms with Gasteiger partial charge < -0.3 is 24.8 Å². The number of halogens is 3. The van der Waals surface area contributed by atoms with Gasteiger partial charge in [-0.05, 0) is 0 Å². The molecule has 4 aromatic rings. The summed E-state index contributed by atoms with van der Waals surface area (Å²) in [5.74, 6) is 0. The largest absolute Gasteiger partial charge is 1.00 e. The zero-order valence-electron chi connectivity index (χ0n) is 26.7. The van der Waals surface area contributed by atoms with Crippen LogP contribution in [0.1, 0.15) is 90.5 Å². The maximum atomic E-state index is 6.46. The normalized spacial score (nSPS) is 14.3. The Bertz CT molecular complexity index is 1650. The molecule has 6 rings (SSSR count). The minimum absolute atomic E-state index is 0. The third-order valence-electron chi connectivity index (χ3n) is 8.90. The molecule has 0 fully saturated rings. The third-order valence-corrected chi connectivity index (χ3v) is 17.5. The minimum atomic E-state index is -2.74. The topological polar surface area (TPSA) is 0 Å². The van der Waals surface area contributed by atoms with Crippen LogP contribution in [0.5, 0.6) is 0 Å². The van der Waals surface area contributed by atoms with E-state index < -0.39 is 21.3 Å². The van der Waals surface area contributed by atoms with Gasteiger partial charge in [-0.2, -0.15) is 0 Å². The van der Waals surface area contributed by atoms with Gasteiger partial charge in [0.2, 0.25) is 0 Å². The Morgan fingerprint density at radius 3 is 1.59 bits per heavy atom. The molecule has 0 saturated carbocycles. The molecule has 0 N–H and O–H groups in total. The fraction of sp³-hybridized carbons (Fsp3) is 0.275. The van der Waals surface area contributed by atoms with Crippen molar-refractivity contribution in [2.45, 2.75) is 69.3 Å². The molecular formula is C40H41Cl3Zr. The Morgan fingerprint density at radius 2 is 1.16 bits per heavy atom. The number of benzene rings is 4. The number of aryl methyl sites for hydroxylation is 1. The number of fused-ring (bicyclic) bond motifs is 3. The molecule has 0 amide bonds. The summed E-state index contributed by atoms with van der Waals surface area (Å²) in [7, 11) is 0. The monoisotopic (exact) mass is 716 g/mol. The first-order chi connectivity index (χ1) is 19.9. The van der Waals surface area contributed by atoms with E-state index in [0.717, 1.165) is 11.4 Å². The first kappa shape index (κ1) is 34.8. The number of allylic oxidation sites excluding steroid dienone is 4. The Morgan fingerprint density at radius 1 is 0.682 bits per heavy atom. The smallest absolute Gasteiger partial charge is 1.00 e. The van der Waals surface area contributed by atoms with E-state index in [4.69, 9.17) is 11.6 Å². The van der Waals surface area contributed by atoms with Gasteiger partial charge in [-0.15, -0.1) is 0 Å². The standard InChI is InChI=1S/C21H25.C14H11Cl.C5H5.2ClH.Zr/c1-20(2,3)16-7-9-18-14(12-16)11-15-13-17(21(4,5)6)8-10-19(15)18;1-11-2-4-12(5-3-11)10-13-6-8-14(15)9-7-13;1-2-4-5-3-1;;;/h7-13H,1-6H3;2-9H,1H3;1-3H,4H2;2*1H;/q;;;;;+2/p-2. The minimum Gasteiger partial charge on any atom is -1.00 e. The van der Waals surface area contributed by atoms with Crippen LogP contribution in [0, 0.1) is 6.92 Å². The molecule has 0 heterocycles. The Balaban J connectivity index is 0.00000221. The second-order valence-corrected chi connectivity index (χ2v) is 20.7. The Labute approximate surface area is 289 Å². The molecule has 4 heteroatoms.